The Labute approximate surface area is 482 Å². The number of rotatable bonds is 5. The molecule has 0 atom stereocenters. The van der Waals surface area contributed by atoms with Gasteiger partial charge < -0.3 is 0 Å². The molecule has 0 heterocycles. The van der Waals surface area contributed by atoms with Crippen molar-refractivity contribution < 1.29 is 0 Å². The van der Waals surface area contributed by atoms with Gasteiger partial charge in [0, 0.05) is 0 Å². The number of nitriles is 2. The summed E-state index contributed by atoms with van der Waals surface area (Å²) in [4.78, 5) is 0. The fraction of sp³-hybridized carbons (Fsp3) is 0. The normalized spacial score (nSPS) is 12.3. The zero-order valence-electron chi connectivity index (χ0n) is 45.1. The van der Waals surface area contributed by atoms with Crippen LogP contribution in [0, 0.1) is 22.7 Å². The maximum Gasteiger partial charge on any atom is 0.0991 e. The first kappa shape index (κ1) is 45.3. The molecule has 0 fully saturated rings. The first-order chi connectivity index (χ1) is 41.6. The van der Waals surface area contributed by atoms with E-state index in [9.17, 15) is 10.5 Å². The Morgan fingerprint density at radius 3 is 1.12 bits per heavy atom. The van der Waals surface area contributed by atoms with Crippen molar-refractivity contribution in [2.75, 3.05) is 0 Å². The summed E-state index contributed by atoms with van der Waals surface area (Å²) in [7, 11) is 0. The standard InChI is InChI=1S/C82H42N2/c83-43-45-25-29-50(30-26-45)71-54-21-9-10-22-55(54)72(51-31-27-46(44-84)28-32-51)80-63-38-34-59-61-36-40-65-78-64(39-35-60(75(61)78)58-33-37-62(79(71)80)77(63)74(58)59)81-73(49-15-5-2-6-16-49)68-41-66-56-23-11-17-48-18-12-24-57(70(48)56)67(66)42-69(68)76(82(65)81)53-20-8-7-19-52(53)47-13-3-1-4-14-47/h1-42H. The SMILES string of the molecule is N#Cc1ccc(-c2c3c(c(-c4ccc(C#N)cc4)c4ccccc24)-c2ccc4c5ccc6c7c(-c8ccccc8-c8ccccc8)c8cc9c(cc8c(-c8ccccc8)c7c7ccc(c8ccc-3c2c84)c5c76)c2cccc3cccc9c32)cc1. The minimum atomic E-state index is 0.632. The third-order valence-electron chi connectivity index (χ3n) is 19.1. The second kappa shape index (κ2) is 16.6. The van der Waals surface area contributed by atoms with Gasteiger partial charge in [0.15, 0.2) is 0 Å². The molecule has 0 spiro atoms. The molecule has 0 saturated carbocycles. The summed E-state index contributed by atoms with van der Waals surface area (Å²) >= 11 is 0. The highest BCUT2D eigenvalue weighted by Gasteiger charge is 2.34. The van der Waals surface area contributed by atoms with Crippen molar-refractivity contribution in [2.24, 2.45) is 0 Å². The molecule has 2 nitrogen and oxygen atoms in total. The van der Waals surface area contributed by atoms with Gasteiger partial charge in [-0.3, -0.25) is 0 Å². The highest BCUT2D eigenvalue weighted by atomic mass is 14.4. The number of nitrogens with zero attached hydrogens (tertiary/aromatic N) is 2. The molecule has 2 heteroatoms. The van der Waals surface area contributed by atoms with Crippen LogP contribution in [0.3, 0.4) is 0 Å². The van der Waals surface area contributed by atoms with Gasteiger partial charge in [0.25, 0.3) is 0 Å². The topological polar surface area (TPSA) is 47.6 Å². The first-order valence-corrected chi connectivity index (χ1v) is 28.9. The van der Waals surface area contributed by atoms with Crippen LogP contribution in [0.2, 0.25) is 0 Å². The van der Waals surface area contributed by atoms with Gasteiger partial charge in [-0.1, -0.05) is 218 Å². The Morgan fingerprint density at radius 1 is 0.190 bits per heavy atom. The van der Waals surface area contributed by atoms with Crippen molar-refractivity contribution in [3.05, 3.63) is 266 Å². The van der Waals surface area contributed by atoms with E-state index in [0.717, 1.165) is 33.0 Å². The lowest BCUT2D eigenvalue weighted by Crippen LogP contribution is -1.94. The average molecular weight is 1060 g/mol. The van der Waals surface area contributed by atoms with Crippen molar-refractivity contribution in [1.82, 2.24) is 0 Å². The van der Waals surface area contributed by atoms with E-state index in [1.807, 2.05) is 24.3 Å². The molecule has 0 aliphatic heterocycles. The molecule has 19 rings (SSSR count). The minimum Gasteiger partial charge on any atom is -0.192 e. The van der Waals surface area contributed by atoms with Crippen LogP contribution >= 0.6 is 0 Å². The summed E-state index contributed by atoms with van der Waals surface area (Å²) in [5, 5.41) is 47.6. The predicted molar refractivity (Wildman–Crippen MR) is 354 cm³/mol. The van der Waals surface area contributed by atoms with E-state index in [4.69, 9.17) is 0 Å². The van der Waals surface area contributed by atoms with Crippen LogP contribution in [-0.4, -0.2) is 0 Å². The molecule has 0 bridgehead atoms. The fourth-order valence-corrected chi connectivity index (χ4v) is 15.8. The van der Waals surface area contributed by atoms with E-state index in [1.165, 1.54) is 163 Å². The second-order valence-electron chi connectivity index (χ2n) is 23.0. The number of hydrogen-bond acceptors (Lipinski definition) is 2. The van der Waals surface area contributed by atoms with Gasteiger partial charge >= 0.3 is 0 Å². The van der Waals surface area contributed by atoms with Gasteiger partial charge in [-0.05, 0) is 233 Å². The molecule has 18 aromatic rings. The van der Waals surface area contributed by atoms with Crippen molar-refractivity contribution in [2.45, 2.75) is 0 Å². The average Bonchev–Trinajstić information content (AvgIpc) is 1.61. The molecule has 380 valence electrons. The van der Waals surface area contributed by atoms with Crippen molar-refractivity contribution in [3.63, 3.8) is 0 Å². The summed E-state index contributed by atoms with van der Waals surface area (Å²) in [6, 6.07) is 98.9. The quantitative estimate of drug-likeness (QED) is 0.127. The van der Waals surface area contributed by atoms with E-state index in [-0.39, 0.29) is 0 Å². The van der Waals surface area contributed by atoms with Gasteiger partial charge in [-0.2, -0.15) is 10.5 Å². The molecule has 0 radical (unpaired) electrons. The molecule has 0 saturated heterocycles. The van der Waals surface area contributed by atoms with Crippen LogP contribution in [0.15, 0.2) is 255 Å². The Bertz CT molecular complexity index is 5840. The predicted octanol–water partition coefficient (Wildman–Crippen LogP) is 22.4. The van der Waals surface area contributed by atoms with Gasteiger partial charge in [0.1, 0.15) is 0 Å². The van der Waals surface area contributed by atoms with Crippen LogP contribution in [-0.2, 0) is 0 Å². The van der Waals surface area contributed by atoms with E-state index < -0.39 is 0 Å². The van der Waals surface area contributed by atoms with Crippen LogP contribution in [0.5, 0.6) is 0 Å². The molecule has 0 unspecified atom stereocenters. The highest BCUT2D eigenvalue weighted by molar-refractivity contribution is 6.48. The fourth-order valence-electron chi connectivity index (χ4n) is 15.8. The Hall–Kier alpha value is -11.4. The lowest BCUT2D eigenvalue weighted by molar-refractivity contribution is 1.48. The zero-order valence-corrected chi connectivity index (χ0v) is 45.1. The molecular formula is C82H42N2. The lowest BCUT2D eigenvalue weighted by atomic mass is 9.82. The van der Waals surface area contributed by atoms with Crippen LogP contribution in [0.25, 0.3) is 196 Å². The molecule has 1 aliphatic carbocycles. The van der Waals surface area contributed by atoms with Gasteiger partial charge in [0.2, 0.25) is 0 Å². The molecule has 0 aromatic heterocycles. The first-order valence-electron chi connectivity index (χ1n) is 28.9. The third kappa shape index (κ3) is 5.81. The van der Waals surface area contributed by atoms with Crippen LogP contribution < -0.4 is 0 Å². The Kier molecular flexibility index (Phi) is 8.95. The van der Waals surface area contributed by atoms with E-state index in [1.54, 1.807) is 0 Å². The van der Waals surface area contributed by atoms with E-state index >= 15 is 0 Å². The summed E-state index contributed by atoms with van der Waals surface area (Å²) in [5.74, 6) is 0. The van der Waals surface area contributed by atoms with Gasteiger partial charge in [0.05, 0.1) is 23.3 Å². The summed E-state index contributed by atoms with van der Waals surface area (Å²) < 4.78 is 0. The van der Waals surface area contributed by atoms with E-state index in [2.05, 4.69) is 243 Å². The van der Waals surface area contributed by atoms with Crippen molar-refractivity contribution >= 4 is 118 Å². The number of benzene rings is 16. The smallest absolute Gasteiger partial charge is 0.0991 e. The summed E-state index contributed by atoms with van der Waals surface area (Å²) in [6.07, 6.45) is 0. The van der Waals surface area contributed by atoms with Gasteiger partial charge in [-0.25, -0.2) is 0 Å². The van der Waals surface area contributed by atoms with Crippen molar-refractivity contribution in [1.29, 1.82) is 10.5 Å². The van der Waals surface area contributed by atoms with Gasteiger partial charge in [-0.15, -0.1) is 0 Å². The molecule has 18 aromatic carbocycles. The molecule has 1 aliphatic rings. The maximum absolute atomic E-state index is 9.94. The van der Waals surface area contributed by atoms with Crippen LogP contribution in [0.4, 0.5) is 0 Å². The maximum atomic E-state index is 9.94. The van der Waals surface area contributed by atoms with Crippen LogP contribution in [0.1, 0.15) is 11.1 Å². The Morgan fingerprint density at radius 2 is 0.583 bits per heavy atom. The Balaban J connectivity index is 0.971. The number of fused-ring (bicyclic) bond motifs is 13. The molecular weight excluding hydrogens is 1010 g/mol. The van der Waals surface area contributed by atoms with Crippen molar-refractivity contribution in [3.8, 4) is 90.0 Å². The largest absolute Gasteiger partial charge is 0.192 e. The minimum absolute atomic E-state index is 0.632. The lowest BCUT2D eigenvalue weighted by Gasteiger charge is -2.20. The zero-order chi connectivity index (χ0) is 55.1. The summed E-state index contributed by atoms with van der Waals surface area (Å²) in [5.41, 5.74) is 17.9. The monoisotopic (exact) mass is 1050 g/mol. The molecule has 0 N–H and O–H groups in total. The highest BCUT2D eigenvalue weighted by Crippen LogP contribution is 2.61. The molecule has 84 heavy (non-hydrogen) atoms. The summed E-state index contributed by atoms with van der Waals surface area (Å²) in [6.45, 7) is 0. The third-order valence-corrected chi connectivity index (χ3v) is 19.1. The number of hydrogen-bond donors (Lipinski definition) is 0. The molecule has 0 amide bonds. The van der Waals surface area contributed by atoms with E-state index in [0.29, 0.717) is 11.1 Å². The second-order valence-corrected chi connectivity index (χ2v) is 23.0.